The van der Waals surface area contributed by atoms with Gasteiger partial charge in [0, 0.05) is 23.8 Å². The SMILES string of the molecule is COc1ccc(CNC(=O)Nc2ccc(C(=O)NC3CC3)cc2)cc1. The number of anilines is 1. The molecule has 0 spiro atoms. The van der Waals surface area contributed by atoms with Gasteiger partial charge in [0.05, 0.1) is 7.11 Å². The maximum Gasteiger partial charge on any atom is 0.319 e. The van der Waals surface area contributed by atoms with Crippen LogP contribution in [0.2, 0.25) is 0 Å². The fourth-order valence-electron chi connectivity index (χ4n) is 2.30. The third-order valence-electron chi connectivity index (χ3n) is 3.93. The molecule has 0 bridgehead atoms. The van der Waals surface area contributed by atoms with Crippen LogP contribution in [0.3, 0.4) is 0 Å². The number of benzene rings is 2. The number of nitrogens with one attached hydrogen (secondary N) is 3. The van der Waals surface area contributed by atoms with Crippen LogP contribution in [-0.4, -0.2) is 25.1 Å². The zero-order chi connectivity index (χ0) is 17.6. The van der Waals surface area contributed by atoms with E-state index in [-0.39, 0.29) is 11.9 Å². The maximum absolute atomic E-state index is 12.0. The predicted octanol–water partition coefficient (Wildman–Crippen LogP) is 2.91. The summed E-state index contributed by atoms with van der Waals surface area (Å²) >= 11 is 0. The van der Waals surface area contributed by atoms with E-state index in [4.69, 9.17) is 4.74 Å². The summed E-state index contributed by atoms with van der Waals surface area (Å²) in [5.74, 6) is 0.706. The summed E-state index contributed by atoms with van der Waals surface area (Å²) in [6.07, 6.45) is 2.11. The molecule has 0 unspecified atom stereocenters. The summed E-state index contributed by atoms with van der Waals surface area (Å²) in [7, 11) is 1.61. The van der Waals surface area contributed by atoms with Gasteiger partial charge in [-0.1, -0.05) is 12.1 Å². The minimum absolute atomic E-state index is 0.0713. The lowest BCUT2D eigenvalue weighted by Gasteiger charge is -2.09. The molecule has 0 atom stereocenters. The highest BCUT2D eigenvalue weighted by molar-refractivity contribution is 5.95. The average Bonchev–Trinajstić information content (AvgIpc) is 3.45. The second-order valence-electron chi connectivity index (χ2n) is 5.98. The Hall–Kier alpha value is -3.02. The number of ether oxygens (including phenoxy) is 1. The Morgan fingerprint density at radius 1 is 1.04 bits per heavy atom. The molecule has 1 aliphatic rings. The molecule has 2 aromatic carbocycles. The van der Waals surface area contributed by atoms with Crippen LogP contribution < -0.4 is 20.7 Å². The largest absolute Gasteiger partial charge is 0.497 e. The van der Waals surface area contributed by atoms with Crippen molar-refractivity contribution in [3.8, 4) is 5.75 Å². The lowest BCUT2D eigenvalue weighted by Crippen LogP contribution is -2.28. The third kappa shape index (κ3) is 4.97. The summed E-state index contributed by atoms with van der Waals surface area (Å²) < 4.78 is 5.10. The van der Waals surface area contributed by atoms with Crippen molar-refractivity contribution >= 4 is 17.6 Å². The Bertz CT molecular complexity index is 738. The molecule has 2 aromatic rings. The summed E-state index contributed by atoms with van der Waals surface area (Å²) in [6, 6.07) is 14.4. The van der Waals surface area contributed by atoms with Crippen LogP contribution in [0.4, 0.5) is 10.5 Å². The van der Waals surface area contributed by atoms with E-state index >= 15 is 0 Å². The number of methoxy groups -OCH3 is 1. The summed E-state index contributed by atoms with van der Waals surface area (Å²) in [4.78, 5) is 23.9. The molecule has 1 saturated carbocycles. The van der Waals surface area contributed by atoms with Crippen molar-refractivity contribution in [1.82, 2.24) is 10.6 Å². The van der Waals surface area contributed by atoms with Crippen molar-refractivity contribution in [3.05, 3.63) is 59.7 Å². The third-order valence-corrected chi connectivity index (χ3v) is 3.93. The number of urea groups is 1. The lowest BCUT2D eigenvalue weighted by atomic mass is 10.2. The van der Waals surface area contributed by atoms with Crippen molar-refractivity contribution in [2.75, 3.05) is 12.4 Å². The van der Waals surface area contributed by atoms with Crippen molar-refractivity contribution in [3.63, 3.8) is 0 Å². The first-order valence-electron chi connectivity index (χ1n) is 8.23. The first kappa shape index (κ1) is 16.8. The molecule has 0 aliphatic heterocycles. The molecule has 0 heterocycles. The highest BCUT2D eigenvalue weighted by atomic mass is 16.5. The molecule has 6 nitrogen and oxygen atoms in total. The zero-order valence-electron chi connectivity index (χ0n) is 14.0. The van der Waals surface area contributed by atoms with Crippen LogP contribution in [0.5, 0.6) is 5.75 Å². The van der Waals surface area contributed by atoms with Gasteiger partial charge in [0.15, 0.2) is 0 Å². The van der Waals surface area contributed by atoms with E-state index in [1.807, 2.05) is 24.3 Å². The molecule has 6 heteroatoms. The lowest BCUT2D eigenvalue weighted by molar-refractivity contribution is 0.0951. The van der Waals surface area contributed by atoms with Gasteiger partial charge < -0.3 is 20.7 Å². The normalized spacial score (nSPS) is 13.0. The van der Waals surface area contributed by atoms with Gasteiger partial charge in [-0.15, -0.1) is 0 Å². The van der Waals surface area contributed by atoms with Gasteiger partial charge in [-0.2, -0.15) is 0 Å². The number of hydrogen-bond acceptors (Lipinski definition) is 3. The van der Waals surface area contributed by atoms with Crippen LogP contribution in [-0.2, 0) is 6.54 Å². The second kappa shape index (κ2) is 7.70. The number of rotatable bonds is 6. The first-order chi connectivity index (χ1) is 12.1. The highest BCUT2D eigenvalue weighted by Gasteiger charge is 2.23. The molecule has 0 aromatic heterocycles. The van der Waals surface area contributed by atoms with Crippen LogP contribution in [0, 0.1) is 0 Å². The van der Waals surface area contributed by atoms with Crippen molar-refractivity contribution < 1.29 is 14.3 Å². The molecule has 3 amide bonds. The zero-order valence-corrected chi connectivity index (χ0v) is 14.0. The molecule has 0 radical (unpaired) electrons. The smallest absolute Gasteiger partial charge is 0.319 e. The Morgan fingerprint density at radius 3 is 2.32 bits per heavy atom. The van der Waals surface area contributed by atoms with E-state index < -0.39 is 0 Å². The number of hydrogen-bond donors (Lipinski definition) is 3. The van der Waals surface area contributed by atoms with Crippen LogP contribution in [0.15, 0.2) is 48.5 Å². The minimum atomic E-state index is -0.300. The average molecular weight is 339 g/mol. The molecule has 1 fully saturated rings. The summed E-state index contributed by atoms with van der Waals surface area (Å²) in [5.41, 5.74) is 2.20. The molecule has 3 rings (SSSR count). The van der Waals surface area contributed by atoms with Crippen LogP contribution in [0.1, 0.15) is 28.8 Å². The molecule has 1 aliphatic carbocycles. The van der Waals surface area contributed by atoms with Crippen molar-refractivity contribution in [1.29, 1.82) is 0 Å². The molecular weight excluding hydrogens is 318 g/mol. The number of carbonyl (C=O) groups excluding carboxylic acids is 2. The van der Waals surface area contributed by atoms with Gasteiger partial charge >= 0.3 is 6.03 Å². The topological polar surface area (TPSA) is 79.5 Å². The molecule has 130 valence electrons. The highest BCUT2D eigenvalue weighted by Crippen LogP contribution is 2.19. The second-order valence-corrected chi connectivity index (χ2v) is 5.98. The van der Waals surface area contributed by atoms with Gasteiger partial charge in [-0.3, -0.25) is 4.79 Å². The molecular formula is C19H21N3O3. The van der Waals surface area contributed by atoms with E-state index in [0.717, 1.165) is 24.2 Å². The predicted molar refractivity (Wildman–Crippen MR) is 95.8 cm³/mol. The van der Waals surface area contributed by atoms with E-state index in [2.05, 4.69) is 16.0 Å². The number of amides is 3. The standard InChI is InChI=1S/C19H21N3O3/c1-25-17-10-2-13(3-11-17)12-20-19(24)22-16-6-4-14(5-7-16)18(23)21-15-8-9-15/h2-7,10-11,15H,8-9,12H2,1H3,(H,21,23)(H2,20,22,24). The van der Waals surface area contributed by atoms with E-state index in [1.165, 1.54) is 0 Å². The van der Waals surface area contributed by atoms with Gasteiger partial charge in [0.25, 0.3) is 5.91 Å². The number of carbonyl (C=O) groups is 2. The Kier molecular flexibility index (Phi) is 5.18. The fraction of sp³-hybridized carbons (Fsp3) is 0.263. The van der Waals surface area contributed by atoms with E-state index in [1.54, 1.807) is 31.4 Å². The quantitative estimate of drug-likeness (QED) is 0.757. The Labute approximate surface area is 146 Å². The fourth-order valence-corrected chi connectivity index (χ4v) is 2.30. The monoisotopic (exact) mass is 339 g/mol. The van der Waals surface area contributed by atoms with E-state index in [9.17, 15) is 9.59 Å². The van der Waals surface area contributed by atoms with Crippen molar-refractivity contribution in [2.24, 2.45) is 0 Å². The molecule has 0 saturated heterocycles. The van der Waals surface area contributed by atoms with Gasteiger partial charge in [-0.05, 0) is 54.8 Å². The van der Waals surface area contributed by atoms with Gasteiger partial charge in [-0.25, -0.2) is 4.79 Å². The van der Waals surface area contributed by atoms with Gasteiger partial charge in [0.2, 0.25) is 0 Å². The first-order valence-corrected chi connectivity index (χ1v) is 8.23. The van der Waals surface area contributed by atoms with Crippen LogP contribution in [0.25, 0.3) is 0 Å². The minimum Gasteiger partial charge on any atom is -0.497 e. The maximum atomic E-state index is 12.0. The van der Waals surface area contributed by atoms with Gasteiger partial charge in [0.1, 0.15) is 5.75 Å². The van der Waals surface area contributed by atoms with E-state index in [0.29, 0.717) is 23.8 Å². The van der Waals surface area contributed by atoms with Crippen LogP contribution >= 0.6 is 0 Å². The Morgan fingerprint density at radius 2 is 1.72 bits per heavy atom. The molecule has 25 heavy (non-hydrogen) atoms. The summed E-state index contributed by atoms with van der Waals surface area (Å²) in [5, 5.41) is 8.46. The van der Waals surface area contributed by atoms with Crippen molar-refractivity contribution in [2.45, 2.75) is 25.4 Å². The Balaban J connectivity index is 1.47. The molecule has 3 N–H and O–H groups in total. The summed E-state index contributed by atoms with van der Waals surface area (Å²) in [6.45, 7) is 0.414.